The van der Waals surface area contributed by atoms with E-state index in [1.807, 2.05) is 37.6 Å². The van der Waals surface area contributed by atoms with Gasteiger partial charge in [0, 0.05) is 29.0 Å². The molecule has 1 atom stereocenters. The summed E-state index contributed by atoms with van der Waals surface area (Å²) in [6.45, 7) is 6.92. The highest BCUT2D eigenvalue weighted by Crippen LogP contribution is 2.21. The van der Waals surface area contributed by atoms with Crippen molar-refractivity contribution < 1.29 is 0 Å². The van der Waals surface area contributed by atoms with Gasteiger partial charge in [-0.1, -0.05) is 35.0 Å². The molecule has 2 N–H and O–H groups in total. The third-order valence-corrected chi connectivity index (χ3v) is 4.47. The highest BCUT2D eigenvalue weighted by molar-refractivity contribution is 9.10. The molecule has 0 aliphatic heterocycles. The van der Waals surface area contributed by atoms with Crippen molar-refractivity contribution in [1.29, 1.82) is 0 Å². The van der Waals surface area contributed by atoms with Crippen molar-refractivity contribution >= 4 is 15.9 Å². The number of aryl methyl sites for hydroxylation is 1. The van der Waals surface area contributed by atoms with Gasteiger partial charge in [0.1, 0.15) is 11.6 Å². The zero-order valence-corrected chi connectivity index (χ0v) is 15.5. The molecule has 3 rings (SSSR count). The van der Waals surface area contributed by atoms with Gasteiger partial charge in [-0.2, -0.15) is 0 Å². The molecule has 6 heteroatoms. The lowest BCUT2D eigenvalue weighted by molar-refractivity contribution is 0.438. The van der Waals surface area contributed by atoms with E-state index in [0.717, 1.165) is 47.0 Å². The summed E-state index contributed by atoms with van der Waals surface area (Å²) in [6, 6.07) is 8.20. The Morgan fingerprint density at radius 2 is 2.21 bits per heavy atom. The normalized spacial score (nSPS) is 12.5. The Hall–Kier alpha value is -1.92. The third kappa shape index (κ3) is 4.33. The minimum atomic E-state index is 0.525. The molecule has 0 saturated heterocycles. The number of H-pyrrole nitrogens is 1. The fraction of sp³-hybridized carbons (Fsp3) is 0.333. The fourth-order valence-corrected chi connectivity index (χ4v) is 3.09. The Labute approximate surface area is 150 Å². The van der Waals surface area contributed by atoms with Crippen molar-refractivity contribution in [2.75, 3.05) is 6.54 Å². The molecule has 2 heterocycles. The minimum absolute atomic E-state index is 0.525. The van der Waals surface area contributed by atoms with Crippen LogP contribution in [0.3, 0.4) is 0 Å². The van der Waals surface area contributed by atoms with Crippen LogP contribution in [0.15, 0.2) is 47.3 Å². The van der Waals surface area contributed by atoms with Gasteiger partial charge in [-0.3, -0.25) is 0 Å². The van der Waals surface area contributed by atoms with Crippen LogP contribution in [0.4, 0.5) is 0 Å². The quantitative estimate of drug-likeness (QED) is 0.648. The summed E-state index contributed by atoms with van der Waals surface area (Å²) in [5.74, 6) is 2.54. The second-order valence-electron chi connectivity index (χ2n) is 6.12. The van der Waals surface area contributed by atoms with E-state index >= 15 is 0 Å². The lowest BCUT2D eigenvalue weighted by Gasteiger charge is -2.13. The summed E-state index contributed by atoms with van der Waals surface area (Å²) in [5.41, 5.74) is 2.17. The summed E-state index contributed by atoms with van der Waals surface area (Å²) in [6.07, 6.45) is 5.77. The lowest BCUT2D eigenvalue weighted by Crippen LogP contribution is -2.24. The maximum Gasteiger partial charge on any atom is 0.120 e. The Bertz CT molecular complexity index is 792. The first kappa shape index (κ1) is 16.9. The molecule has 0 fully saturated rings. The van der Waals surface area contributed by atoms with E-state index in [0.29, 0.717) is 5.92 Å². The molecular formula is C18H22BrN5. The number of benzene rings is 1. The van der Waals surface area contributed by atoms with Crippen molar-refractivity contribution in [1.82, 2.24) is 24.8 Å². The molecular weight excluding hydrogens is 366 g/mol. The topological polar surface area (TPSA) is 58.5 Å². The molecule has 0 radical (unpaired) electrons. The minimum Gasteiger partial charge on any atom is -0.341 e. The first-order chi connectivity index (χ1) is 11.6. The molecule has 0 bridgehead atoms. The first-order valence-corrected chi connectivity index (χ1v) is 8.89. The van der Waals surface area contributed by atoms with Crippen molar-refractivity contribution in [2.24, 2.45) is 5.92 Å². The summed E-state index contributed by atoms with van der Waals surface area (Å²) < 4.78 is 3.25. The van der Waals surface area contributed by atoms with Crippen LogP contribution in [0.5, 0.6) is 0 Å². The molecule has 5 nitrogen and oxygen atoms in total. The predicted octanol–water partition coefficient (Wildman–Crippen LogP) is 3.77. The van der Waals surface area contributed by atoms with Crippen molar-refractivity contribution in [3.8, 4) is 11.3 Å². The van der Waals surface area contributed by atoms with Gasteiger partial charge in [0.15, 0.2) is 0 Å². The number of hydrogen-bond acceptors (Lipinski definition) is 3. The highest BCUT2D eigenvalue weighted by Gasteiger charge is 2.07. The van der Waals surface area contributed by atoms with Crippen LogP contribution in [0.25, 0.3) is 11.3 Å². The lowest BCUT2D eigenvalue weighted by atomic mass is 10.2. The monoisotopic (exact) mass is 387 g/mol. The zero-order valence-electron chi connectivity index (χ0n) is 14.0. The van der Waals surface area contributed by atoms with E-state index in [2.05, 4.69) is 59.8 Å². The second-order valence-corrected chi connectivity index (χ2v) is 7.03. The van der Waals surface area contributed by atoms with Crippen LogP contribution in [0.1, 0.15) is 18.6 Å². The Kier molecular flexibility index (Phi) is 5.48. The molecule has 0 spiro atoms. The van der Waals surface area contributed by atoms with Gasteiger partial charge >= 0.3 is 0 Å². The number of aromatic nitrogens is 4. The van der Waals surface area contributed by atoms with Gasteiger partial charge in [0.25, 0.3) is 0 Å². The van der Waals surface area contributed by atoms with E-state index in [9.17, 15) is 0 Å². The Morgan fingerprint density at radius 3 is 2.96 bits per heavy atom. The number of imidazole rings is 2. The summed E-state index contributed by atoms with van der Waals surface area (Å²) in [4.78, 5) is 12.1. The third-order valence-electron chi connectivity index (χ3n) is 3.98. The zero-order chi connectivity index (χ0) is 16.9. The molecule has 0 aliphatic carbocycles. The van der Waals surface area contributed by atoms with Crippen LogP contribution >= 0.6 is 15.9 Å². The second kappa shape index (κ2) is 7.77. The van der Waals surface area contributed by atoms with Gasteiger partial charge in [0.05, 0.1) is 18.4 Å². The van der Waals surface area contributed by atoms with Crippen LogP contribution < -0.4 is 5.32 Å². The molecule has 1 unspecified atom stereocenters. The van der Waals surface area contributed by atoms with Gasteiger partial charge in [0.2, 0.25) is 0 Å². The maximum absolute atomic E-state index is 4.46. The average Bonchev–Trinajstić information content (AvgIpc) is 3.17. The highest BCUT2D eigenvalue weighted by atomic mass is 79.9. The molecule has 126 valence electrons. The number of aromatic amines is 1. The SMILES string of the molecule is Cc1nccn1CC(C)CNCc1ncc(-c2cccc(Br)c2)[nH]1. The number of rotatable bonds is 7. The van der Waals surface area contributed by atoms with Crippen LogP contribution in [-0.4, -0.2) is 26.1 Å². The van der Waals surface area contributed by atoms with Gasteiger partial charge < -0.3 is 14.9 Å². The molecule has 1 aromatic carbocycles. The molecule has 0 amide bonds. The fourth-order valence-electron chi connectivity index (χ4n) is 2.69. The Balaban J connectivity index is 1.50. The van der Waals surface area contributed by atoms with Gasteiger partial charge in [-0.15, -0.1) is 0 Å². The first-order valence-electron chi connectivity index (χ1n) is 8.10. The smallest absolute Gasteiger partial charge is 0.120 e. The molecule has 3 aromatic rings. The number of halogens is 1. The number of nitrogens with zero attached hydrogens (tertiary/aromatic N) is 3. The van der Waals surface area contributed by atoms with E-state index in [1.165, 1.54) is 0 Å². The van der Waals surface area contributed by atoms with Crippen LogP contribution in [-0.2, 0) is 13.1 Å². The molecule has 0 saturated carbocycles. The van der Waals surface area contributed by atoms with E-state index in [1.54, 1.807) is 0 Å². The Morgan fingerprint density at radius 1 is 1.33 bits per heavy atom. The van der Waals surface area contributed by atoms with Crippen molar-refractivity contribution in [3.63, 3.8) is 0 Å². The average molecular weight is 388 g/mol. The maximum atomic E-state index is 4.46. The largest absolute Gasteiger partial charge is 0.341 e. The summed E-state index contributed by atoms with van der Waals surface area (Å²) >= 11 is 3.50. The molecule has 0 aliphatic rings. The number of hydrogen-bond donors (Lipinski definition) is 2. The van der Waals surface area contributed by atoms with Crippen LogP contribution in [0.2, 0.25) is 0 Å². The van der Waals surface area contributed by atoms with Crippen molar-refractivity contribution in [3.05, 3.63) is 59.0 Å². The van der Waals surface area contributed by atoms with Gasteiger partial charge in [-0.05, 0) is 31.5 Å². The summed E-state index contributed by atoms with van der Waals surface area (Å²) in [7, 11) is 0. The van der Waals surface area contributed by atoms with E-state index < -0.39 is 0 Å². The molecule has 2 aromatic heterocycles. The van der Waals surface area contributed by atoms with Crippen molar-refractivity contribution in [2.45, 2.75) is 26.9 Å². The van der Waals surface area contributed by atoms with Gasteiger partial charge in [-0.25, -0.2) is 9.97 Å². The molecule has 24 heavy (non-hydrogen) atoms. The van der Waals surface area contributed by atoms with Crippen LogP contribution in [0, 0.1) is 12.8 Å². The summed E-state index contributed by atoms with van der Waals surface area (Å²) in [5, 5.41) is 3.47. The van der Waals surface area contributed by atoms with E-state index in [4.69, 9.17) is 0 Å². The predicted molar refractivity (Wildman–Crippen MR) is 99.6 cm³/mol. The van der Waals surface area contributed by atoms with E-state index in [-0.39, 0.29) is 0 Å². The standard InChI is InChI=1S/C18H22BrN5/c1-13(12-24-7-6-21-14(24)2)9-20-11-18-22-10-17(23-18)15-4-3-5-16(19)8-15/h3-8,10,13,20H,9,11-12H2,1-2H3,(H,22,23). The number of nitrogens with one attached hydrogen (secondary N) is 2.